The largest absolute Gasteiger partial charge is 0.462 e. The molecule has 0 unspecified atom stereocenters. The maximum Gasteiger partial charge on any atom is 0.339 e. The summed E-state index contributed by atoms with van der Waals surface area (Å²) in [6, 6.07) is 2.06. The van der Waals surface area contributed by atoms with Gasteiger partial charge in [-0.25, -0.2) is 14.5 Å². The highest BCUT2D eigenvalue weighted by atomic mass is 16.5. The van der Waals surface area contributed by atoms with Gasteiger partial charge >= 0.3 is 5.97 Å². The number of nitrogens with zero attached hydrogens (tertiary/aromatic N) is 3. The Bertz CT molecular complexity index is 674. The third kappa shape index (κ3) is 3.13. The quantitative estimate of drug-likeness (QED) is 0.761. The zero-order valence-corrected chi connectivity index (χ0v) is 14.1. The van der Waals surface area contributed by atoms with Gasteiger partial charge in [0.1, 0.15) is 0 Å². The number of unbranched alkanes of at least 4 members (excludes halogenated alkanes) is 1. The molecular weight excluding hydrogens is 278 g/mol. The molecule has 5 nitrogen and oxygen atoms in total. The summed E-state index contributed by atoms with van der Waals surface area (Å²) in [6.07, 6.45) is 3.01. The fourth-order valence-electron chi connectivity index (χ4n) is 2.58. The van der Waals surface area contributed by atoms with Crippen molar-refractivity contribution in [3.8, 4) is 0 Å². The first-order chi connectivity index (χ1) is 10.5. The highest BCUT2D eigenvalue weighted by Crippen LogP contribution is 2.25. The molecule has 0 radical (unpaired) electrons. The second kappa shape index (κ2) is 6.90. The zero-order valence-electron chi connectivity index (χ0n) is 14.1. The molecule has 2 aromatic rings. The number of pyridine rings is 1. The van der Waals surface area contributed by atoms with Gasteiger partial charge in [0.2, 0.25) is 0 Å². The van der Waals surface area contributed by atoms with E-state index >= 15 is 0 Å². The molecule has 22 heavy (non-hydrogen) atoms. The first-order valence-electron chi connectivity index (χ1n) is 8.05. The van der Waals surface area contributed by atoms with Gasteiger partial charge in [0.05, 0.1) is 23.3 Å². The predicted octanol–water partition coefficient (Wildman–Crippen LogP) is 3.84. The van der Waals surface area contributed by atoms with E-state index in [4.69, 9.17) is 9.72 Å². The lowest BCUT2D eigenvalue weighted by Gasteiger charge is -2.10. The molecule has 0 aliphatic heterocycles. The maximum atomic E-state index is 12.3. The Hall–Kier alpha value is -1.91. The van der Waals surface area contributed by atoms with Gasteiger partial charge in [0, 0.05) is 11.7 Å². The molecule has 5 heteroatoms. The zero-order chi connectivity index (χ0) is 16.3. The number of aryl methyl sites for hydroxylation is 2. The topological polar surface area (TPSA) is 57.0 Å². The number of carbonyl (C=O) groups is 1. The Labute approximate surface area is 131 Å². The molecule has 2 aromatic heterocycles. The molecule has 0 atom stereocenters. The lowest BCUT2D eigenvalue weighted by Crippen LogP contribution is -2.09. The molecule has 0 bridgehead atoms. The van der Waals surface area contributed by atoms with Crippen LogP contribution in [-0.2, 0) is 11.2 Å². The molecule has 0 saturated carbocycles. The fourth-order valence-corrected chi connectivity index (χ4v) is 2.58. The SMILES string of the molecule is CCCCc1cc(C(=O)OCC)c2c(C)nn(C(C)C)c2n1. The number of rotatable bonds is 6. The number of carbonyl (C=O) groups excluding carboxylic acids is 1. The number of hydrogen-bond donors (Lipinski definition) is 0. The third-order valence-electron chi connectivity index (χ3n) is 3.66. The van der Waals surface area contributed by atoms with Crippen molar-refractivity contribution in [1.29, 1.82) is 0 Å². The summed E-state index contributed by atoms with van der Waals surface area (Å²) >= 11 is 0. The van der Waals surface area contributed by atoms with Gasteiger partial charge in [-0.3, -0.25) is 0 Å². The Balaban J connectivity index is 2.66. The van der Waals surface area contributed by atoms with Gasteiger partial charge in [-0.1, -0.05) is 13.3 Å². The van der Waals surface area contributed by atoms with Crippen LogP contribution in [0.25, 0.3) is 11.0 Å². The third-order valence-corrected chi connectivity index (χ3v) is 3.66. The van der Waals surface area contributed by atoms with Gasteiger partial charge in [0.25, 0.3) is 0 Å². The summed E-state index contributed by atoms with van der Waals surface area (Å²) in [6.45, 7) is 10.4. The molecule has 0 spiro atoms. The molecule has 0 amide bonds. The van der Waals surface area contributed by atoms with Gasteiger partial charge in [0.15, 0.2) is 5.65 Å². The minimum absolute atomic E-state index is 0.195. The van der Waals surface area contributed by atoms with Gasteiger partial charge in [-0.15, -0.1) is 0 Å². The van der Waals surface area contributed by atoms with Gasteiger partial charge < -0.3 is 4.74 Å². The molecular formula is C17H25N3O2. The van der Waals surface area contributed by atoms with E-state index in [1.165, 1.54) is 0 Å². The van der Waals surface area contributed by atoms with Crippen molar-refractivity contribution in [2.24, 2.45) is 0 Å². The Morgan fingerprint density at radius 1 is 1.36 bits per heavy atom. The lowest BCUT2D eigenvalue weighted by molar-refractivity contribution is 0.0528. The van der Waals surface area contributed by atoms with Crippen molar-refractivity contribution < 1.29 is 9.53 Å². The predicted molar refractivity (Wildman–Crippen MR) is 87.2 cm³/mol. The van der Waals surface area contributed by atoms with Crippen LogP contribution in [0.1, 0.15) is 68.3 Å². The number of fused-ring (bicyclic) bond motifs is 1. The summed E-state index contributed by atoms with van der Waals surface area (Å²) in [4.78, 5) is 17.1. The molecule has 120 valence electrons. The van der Waals surface area contributed by atoms with Crippen LogP contribution in [0.4, 0.5) is 0 Å². The van der Waals surface area contributed by atoms with E-state index in [9.17, 15) is 4.79 Å². The normalized spacial score (nSPS) is 11.4. The van der Waals surface area contributed by atoms with Gasteiger partial charge in [-0.2, -0.15) is 5.10 Å². The van der Waals surface area contributed by atoms with E-state index in [2.05, 4.69) is 25.9 Å². The van der Waals surface area contributed by atoms with E-state index in [1.807, 2.05) is 24.6 Å². The molecule has 0 aliphatic carbocycles. The first kappa shape index (κ1) is 16.5. The summed E-state index contributed by atoms with van der Waals surface area (Å²) < 4.78 is 7.11. The van der Waals surface area contributed by atoms with Crippen LogP contribution in [0.3, 0.4) is 0 Å². The van der Waals surface area contributed by atoms with E-state index < -0.39 is 0 Å². The van der Waals surface area contributed by atoms with E-state index in [0.29, 0.717) is 12.2 Å². The Morgan fingerprint density at radius 3 is 2.68 bits per heavy atom. The van der Waals surface area contributed by atoms with Crippen LogP contribution >= 0.6 is 0 Å². The summed E-state index contributed by atoms with van der Waals surface area (Å²) in [5.41, 5.74) is 3.12. The van der Waals surface area contributed by atoms with Crippen LogP contribution in [0.5, 0.6) is 0 Å². The number of aromatic nitrogens is 3. The molecule has 2 rings (SSSR count). The second-order valence-electron chi connectivity index (χ2n) is 5.81. The fraction of sp³-hybridized carbons (Fsp3) is 0.588. The highest BCUT2D eigenvalue weighted by molar-refractivity contribution is 6.03. The van der Waals surface area contributed by atoms with Crippen LogP contribution in [-0.4, -0.2) is 27.3 Å². The molecule has 0 aromatic carbocycles. The molecule has 0 aliphatic rings. The van der Waals surface area contributed by atoms with E-state index in [1.54, 1.807) is 0 Å². The average molecular weight is 303 g/mol. The minimum Gasteiger partial charge on any atom is -0.462 e. The van der Waals surface area contributed by atoms with Crippen LogP contribution < -0.4 is 0 Å². The number of ether oxygens (including phenoxy) is 1. The van der Waals surface area contributed by atoms with Crippen molar-refractivity contribution in [3.63, 3.8) is 0 Å². The van der Waals surface area contributed by atoms with Crippen molar-refractivity contribution in [3.05, 3.63) is 23.0 Å². The van der Waals surface area contributed by atoms with Crippen molar-refractivity contribution in [2.75, 3.05) is 6.61 Å². The number of hydrogen-bond acceptors (Lipinski definition) is 4. The van der Waals surface area contributed by atoms with Crippen molar-refractivity contribution in [1.82, 2.24) is 14.8 Å². The Kier molecular flexibility index (Phi) is 5.16. The minimum atomic E-state index is -0.293. The first-order valence-corrected chi connectivity index (χ1v) is 8.05. The lowest BCUT2D eigenvalue weighted by atomic mass is 10.1. The average Bonchev–Trinajstić information content (AvgIpc) is 2.82. The molecule has 0 saturated heterocycles. The van der Waals surface area contributed by atoms with Crippen molar-refractivity contribution >= 4 is 17.0 Å². The van der Waals surface area contributed by atoms with Crippen LogP contribution in [0.2, 0.25) is 0 Å². The van der Waals surface area contributed by atoms with Gasteiger partial charge in [-0.05, 0) is 46.6 Å². The van der Waals surface area contributed by atoms with E-state index in [-0.39, 0.29) is 12.0 Å². The summed E-state index contributed by atoms with van der Waals surface area (Å²) in [5, 5.41) is 5.37. The number of esters is 1. The summed E-state index contributed by atoms with van der Waals surface area (Å²) in [5.74, 6) is -0.293. The highest BCUT2D eigenvalue weighted by Gasteiger charge is 2.21. The molecule has 2 heterocycles. The molecule has 0 fully saturated rings. The summed E-state index contributed by atoms with van der Waals surface area (Å²) in [7, 11) is 0. The standard InChI is InChI=1S/C17H25N3O2/c1-6-8-9-13-10-14(17(21)22-7-2)15-12(5)19-20(11(3)4)16(15)18-13/h10-11H,6-9H2,1-5H3. The smallest absolute Gasteiger partial charge is 0.339 e. The maximum absolute atomic E-state index is 12.3. The Morgan fingerprint density at radius 2 is 2.09 bits per heavy atom. The van der Waals surface area contributed by atoms with Crippen molar-refractivity contribution in [2.45, 2.75) is 59.9 Å². The monoisotopic (exact) mass is 303 g/mol. The molecule has 0 N–H and O–H groups in total. The van der Waals surface area contributed by atoms with Crippen LogP contribution in [0, 0.1) is 6.92 Å². The van der Waals surface area contributed by atoms with E-state index in [0.717, 1.165) is 41.7 Å². The second-order valence-corrected chi connectivity index (χ2v) is 5.81. The van der Waals surface area contributed by atoms with Crippen LogP contribution in [0.15, 0.2) is 6.07 Å².